The van der Waals surface area contributed by atoms with Crippen LogP contribution < -0.4 is 4.74 Å². The number of nitrogens with zero attached hydrogens (tertiary/aromatic N) is 6. The van der Waals surface area contributed by atoms with E-state index in [9.17, 15) is 4.79 Å². The molecule has 170 valence electrons. The molecule has 0 radical (unpaired) electrons. The Bertz CT molecular complexity index is 1220. The van der Waals surface area contributed by atoms with Crippen molar-refractivity contribution in [3.05, 3.63) is 72.4 Å². The molecule has 8 nitrogen and oxygen atoms in total. The van der Waals surface area contributed by atoms with Crippen LogP contribution in [0.1, 0.15) is 30.3 Å². The van der Waals surface area contributed by atoms with E-state index in [-0.39, 0.29) is 11.9 Å². The Labute approximate surface area is 192 Å². The first-order valence-corrected chi connectivity index (χ1v) is 11.4. The summed E-state index contributed by atoms with van der Waals surface area (Å²) in [7, 11) is 1.69. The van der Waals surface area contributed by atoms with Crippen molar-refractivity contribution < 1.29 is 9.53 Å². The van der Waals surface area contributed by atoms with Crippen molar-refractivity contribution in [1.29, 1.82) is 0 Å². The van der Waals surface area contributed by atoms with Crippen molar-refractivity contribution >= 4 is 17.1 Å². The van der Waals surface area contributed by atoms with Gasteiger partial charge in [0.15, 0.2) is 5.65 Å². The quantitative estimate of drug-likeness (QED) is 0.437. The van der Waals surface area contributed by atoms with Crippen LogP contribution in [0.4, 0.5) is 0 Å². The number of hydrogen-bond acceptors (Lipinski definition) is 5. The summed E-state index contributed by atoms with van der Waals surface area (Å²) in [5.41, 5.74) is 3.08. The minimum Gasteiger partial charge on any atom is -0.497 e. The van der Waals surface area contributed by atoms with Crippen LogP contribution in [0.5, 0.6) is 5.75 Å². The molecule has 0 unspecified atom stereocenters. The van der Waals surface area contributed by atoms with Crippen molar-refractivity contribution in [3.8, 4) is 5.75 Å². The highest BCUT2D eigenvalue weighted by atomic mass is 16.5. The molecule has 1 amide bonds. The number of fused-ring (bicyclic) bond motifs is 1. The average Bonchev–Trinajstić information content (AvgIpc) is 3.50. The number of benzene rings is 1. The molecule has 0 aliphatic carbocycles. The minimum atomic E-state index is 0.115. The molecule has 0 spiro atoms. The monoisotopic (exact) mass is 444 g/mol. The van der Waals surface area contributed by atoms with Crippen LogP contribution >= 0.6 is 0 Å². The molecule has 1 fully saturated rings. The standard InChI is InChI=1S/C25H28N6O2/c1-33-21-6-2-5-19(17-21)8-9-23-28-22-7-3-12-26-25(22)31(23)20-10-15-29(16-11-20)24(32)18-30-14-4-13-27-30/h2-7,12-14,17,20H,8-11,15-16,18H2,1H3. The summed E-state index contributed by atoms with van der Waals surface area (Å²) in [6, 6.07) is 14.3. The van der Waals surface area contributed by atoms with Crippen LogP contribution in [0, 0.1) is 0 Å². The molecule has 5 rings (SSSR count). The fourth-order valence-electron chi connectivity index (χ4n) is 4.63. The Morgan fingerprint density at radius 3 is 2.76 bits per heavy atom. The first kappa shape index (κ1) is 21.2. The van der Waals surface area contributed by atoms with Gasteiger partial charge >= 0.3 is 0 Å². The molecule has 4 heterocycles. The number of aryl methyl sites for hydroxylation is 2. The van der Waals surface area contributed by atoms with Gasteiger partial charge in [0.25, 0.3) is 0 Å². The number of methoxy groups -OCH3 is 1. The van der Waals surface area contributed by atoms with E-state index in [0.717, 1.165) is 61.5 Å². The van der Waals surface area contributed by atoms with Crippen molar-refractivity contribution in [2.45, 2.75) is 38.3 Å². The summed E-state index contributed by atoms with van der Waals surface area (Å²) in [5.74, 6) is 2.03. The summed E-state index contributed by atoms with van der Waals surface area (Å²) >= 11 is 0. The fraction of sp³-hybridized carbons (Fsp3) is 0.360. The summed E-state index contributed by atoms with van der Waals surface area (Å²) in [6.45, 7) is 1.75. The predicted octanol–water partition coefficient (Wildman–Crippen LogP) is 3.29. The maximum Gasteiger partial charge on any atom is 0.244 e. The van der Waals surface area contributed by atoms with Gasteiger partial charge in [-0.3, -0.25) is 9.48 Å². The van der Waals surface area contributed by atoms with Crippen molar-refractivity contribution in [2.75, 3.05) is 20.2 Å². The van der Waals surface area contributed by atoms with Gasteiger partial charge in [-0.25, -0.2) is 9.97 Å². The fourth-order valence-corrected chi connectivity index (χ4v) is 4.63. The van der Waals surface area contributed by atoms with Crippen LogP contribution in [0.25, 0.3) is 11.2 Å². The molecule has 0 saturated carbocycles. The molecular weight excluding hydrogens is 416 g/mol. The zero-order chi connectivity index (χ0) is 22.6. The number of rotatable bonds is 7. The molecule has 33 heavy (non-hydrogen) atoms. The minimum absolute atomic E-state index is 0.115. The third kappa shape index (κ3) is 4.60. The molecule has 0 bridgehead atoms. The number of carbonyl (C=O) groups excluding carboxylic acids is 1. The lowest BCUT2D eigenvalue weighted by molar-refractivity contribution is -0.133. The van der Waals surface area contributed by atoms with Gasteiger partial charge in [-0.15, -0.1) is 0 Å². The molecule has 1 aromatic carbocycles. The maximum atomic E-state index is 12.7. The summed E-state index contributed by atoms with van der Waals surface area (Å²) in [6.07, 6.45) is 8.82. The van der Waals surface area contributed by atoms with E-state index in [2.05, 4.69) is 26.8 Å². The number of ether oxygens (including phenoxy) is 1. The van der Waals surface area contributed by atoms with E-state index >= 15 is 0 Å². The smallest absolute Gasteiger partial charge is 0.244 e. The van der Waals surface area contributed by atoms with Crippen molar-refractivity contribution in [1.82, 2.24) is 29.2 Å². The van der Waals surface area contributed by atoms with E-state index in [1.165, 1.54) is 5.56 Å². The summed E-state index contributed by atoms with van der Waals surface area (Å²) < 4.78 is 9.36. The third-order valence-corrected chi connectivity index (χ3v) is 6.33. The number of amides is 1. The summed E-state index contributed by atoms with van der Waals surface area (Å²) in [5, 5.41) is 4.15. The van der Waals surface area contributed by atoms with Gasteiger partial charge in [0.05, 0.1) is 7.11 Å². The number of imidazole rings is 1. The zero-order valence-corrected chi connectivity index (χ0v) is 18.8. The van der Waals surface area contributed by atoms with Gasteiger partial charge in [-0.2, -0.15) is 5.10 Å². The van der Waals surface area contributed by atoms with E-state index < -0.39 is 0 Å². The van der Waals surface area contributed by atoms with E-state index in [4.69, 9.17) is 9.72 Å². The normalized spacial score (nSPS) is 14.6. The highest BCUT2D eigenvalue weighted by molar-refractivity contribution is 5.76. The van der Waals surface area contributed by atoms with E-state index in [1.54, 1.807) is 18.0 Å². The molecular formula is C25H28N6O2. The molecule has 0 atom stereocenters. The largest absolute Gasteiger partial charge is 0.497 e. The van der Waals surface area contributed by atoms with Gasteiger partial charge in [0.2, 0.25) is 5.91 Å². The van der Waals surface area contributed by atoms with Crippen LogP contribution in [0.2, 0.25) is 0 Å². The Hall–Kier alpha value is -3.68. The van der Waals surface area contributed by atoms with Crippen LogP contribution in [-0.2, 0) is 24.2 Å². The van der Waals surface area contributed by atoms with Gasteiger partial charge in [0, 0.05) is 44.1 Å². The van der Waals surface area contributed by atoms with Crippen LogP contribution in [0.3, 0.4) is 0 Å². The first-order chi connectivity index (χ1) is 16.2. The Kier molecular flexibility index (Phi) is 6.06. The number of carbonyl (C=O) groups is 1. The Morgan fingerprint density at radius 2 is 1.97 bits per heavy atom. The number of hydrogen-bond donors (Lipinski definition) is 0. The molecule has 0 N–H and O–H groups in total. The second-order valence-electron chi connectivity index (χ2n) is 8.41. The second-order valence-corrected chi connectivity index (χ2v) is 8.41. The van der Waals surface area contributed by atoms with E-state index in [1.807, 2.05) is 47.6 Å². The summed E-state index contributed by atoms with van der Waals surface area (Å²) in [4.78, 5) is 24.2. The zero-order valence-electron chi connectivity index (χ0n) is 18.8. The molecule has 1 saturated heterocycles. The highest BCUT2D eigenvalue weighted by Crippen LogP contribution is 2.29. The molecule has 4 aromatic rings. The SMILES string of the molecule is COc1cccc(CCc2nc3cccnc3n2C2CCN(C(=O)Cn3cccn3)CC2)c1. The number of piperidine rings is 1. The third-order valence-electron chi connectivity index (χ3n) is 6.33. The predicted molar refractivity (Wildman–Crippen MR) is 125 cm³/mol. The average molecular weight is 445 g/mol. The first-order valence-electron chi connectivity index (χ1n) is 11.4. The molecule has 1 aliphatic heterocycles. The van der Waals surface area contributed by atoms with Crippen molar-refractivity contribution in [2.24, 2.45) is 0 Å². The topological polar surface area (TPSA) is 78.1 Å². The Balaban J connectivity index is 1.31. The molecule has 1 aliphatic rings. The highest BCUT2D eigenvalue weighted by Gasteiger charge is 2.27. The number of likely N-dealkylation sites (tertiary alicyclic amines) is 1. The lowest BCUT2D eigenvalue weighted by Crippen LogP contribution is -2.41. The van der Waals surface area contributed by atoms with Gasteiger partial charge in [0.1, 0.15) is 23.6 Å². The lowest BCUT2D eigenvalue weighted by Gasteiger charge is -2.33. The molecule has 8 heteroatoms. The Morgan fingerprint density at radius 1 is 1.09 bits per heavy atom. The second kappa shape index (κ2) is 9.44. The number of pyridine rings is 1. The van der Waals surface area contributed by atoms with Crippen LogP contribution in [-0.4, -0.2) is 55.3 Å². The van der Waals surface area contributed by atoms with E-state index in [0.29, 0.717) is 6.54 Å². The van der Waals surface area contributed by atoms with Gasteiger partial charge < -0.3 is 14.2 Å². The van der Waals surface area contributed by atoms with Gasteiger partial charge in [-0.05, 0) is 55.2 Å². The maximum absolute atomic E-state index is 12.7. The lowest BCUT2D eigenvalue weighted by atomic mass is 10.0. The molecule has 3 aromatic heterocycles. The number of aromatic nitrogens is 5. The van der Waals surface area contributed by atoms with Crippen LogP contribution in [0.15, 0.2) is 61.1 Å². The van der Waals surface area contributed by atoms with Gasteiger partial charge in [-0.1, -0.05) is 12.1 Å². The van der Waals surface area contributed by atoms with Crippen molar-refractivity contribution in [3.63, 3.8) is 0 Å².